The van der Waals surface area contributed by atoms with Crippen LogP contribution in [-0.4, -0.2) is 0 Å². The van der Waals surface area contributed by atoms with Crippen LogP contribution < -0.4 is 10.9 Å². The van der Waals surface area contributed by atoms with E-state index in [-0.39, 0.29) is 10.8 Å². The van der Waals surface area contributed by atoms with Gasteiger partial charge in [0.05, 0.1) is 5.69 Å². The van der Waals surface area contributed by atoms with Crippen molar-refractivity contribution in [3.63, 3.8) is 0 Å². The molecule has 2 nitrogen and oxygen atoms in total. The highest BCUT2D eigenvalue weighted by molar-refractivity contribution is 5.60. The van der Waals surface area contributed by atoms with Crippen molar-refractivity contribution in [2.45, 2.75) is 58.9 Å². The van der Waals surface area contributed by atoms with Gasteiger partial charge in [-0.15, -0.1) is 0 Å². The molecule has 0 saturated heterocycles. The summed E-state index contributed by atoms with van der Waals surface area (Å²) in [5, 5.41) is 0. The Labute approximate surface area is 105 Å². The molecule has 0 aliphatic carbocycles. The predicted molar refractivity (Wildman–Crippen MR) is 74.3 cm³/mol. The van der Waals surface area contributed by atoms with Gasteiger partial charge in [-0.1, -0.05) is 47.6 Å². The highest BCUT2D eigenvalue weighted by atomic mass is 15.4. The van der Waals surface area contributed by atoms with Gasteiger partial charge in [0.15, 0.2) is 0 Å². The number of anilines is 1. The van der Waals surface area contributed by atoms with Crippen molar-refractivity contribution in [3.05, 3.63) is 28.8 Å². The minimum absolute atomic E-state index is 0.182. The van der Waals surface area contributed by atoms with Gasteiger partial charge in [0.1, 0.15) is 0 Å². The van der Waals surface area contributed by atoms with Gasteiger partial charge in [-0.3, -0.25) is 0 Å². The Morgan fingerprint density at radius 1 is 0.882 bits per heavy atom. The molecule has 1 aromatic carbocycles. The average Bonchev–Trinajstić information content (AvgIpc) is 2.59. The van der Waals surface area contributed by atoms with E-state index < -0.39 is 0 Å². The summed E-state index contributed by atoms with van der Waals surface area (Å²) in [5.74, 6) is 0. The molecule has 94 valence electrons. The molecular formula is C15H24N2. The van der Waals surface area contributed by atoms with E-state index in [1.54, 1.807) is 0 Å². The largest absolute Gasteiger partial charge is 0.321 e. The normalized spacial score (nSPS) is 15.6. The lowest BCUT2D eigenvalue weighted by Crippen LogP contribution is -2.22. The molecule has 2 rings (SSSR count). The van der Waals surface area contributed by atoms with Crippen LogP contribution in [0.4, 0.5) is 5.69 Å². The Morgan fingerprint density at radius 2 is 1.41 bits per heavy atom. The van der Waals surface area contributed by atoms with Crippen LogP contribution in [0.15, 0.2) is 12.1 Å². The fraction of sp³-hybridized carbons (Fsp3) is 0.600. The summed E-state index contributed by atoms with van der Waals surface area (Å²) in [6, 6.07) is 4.68. The summed E-state index contributed by atoms with van der Waals surface area (Å²) in [4.78, 5) is 0. The van der Waals surface area contributed by atoms with Crippen molar-refractivity contribution in [1.29, 1.82) is 0 Å². The van der Waals surface area contributed by atoms with Crippen LogP contribution in [0, 0.1) is 0 Å². The number of rotatable bonds is 0. The Balaban J connectivity index is 2.64. The molecule has 0 radical (unpaired) electrons. The summed E-state index contributed by atoms with van der Waals surface area (Å²) in [6.07, 6.45) is 0. The highest BCUT2D eigenvalue weighted by Crippen LogP contribution is 2.38. The molecule has 1 aliphatic rings. The first kappa shape index (κ1) is 12.4. The second kappa shape index (κ2) is 3.74. The minimum atomic E-state index is 0.182. The Kier molecular flexibility index (Phi) is 2.74. The molecular weight excluding hydrogens is 208 g/mol. The van der Waals surface area contributed by atoms with Crippen molar-refractivity contribution in [2.75, 3.05) is 5.43 Å². The summed E-state index contributed by atoms with van der Waals surface area (Å²) in [5.41, 5.74) is 12.3. The standard InChI is InChI=1S/C15H24N2/c1-14(2,3)11-7-10-9-16-17-13(10)8-12(11)15(4,5)6/h7-8,16-17H,9H2,1-6H3. The number of nitrogens with one attached hydrogen (secondary N) is 2. The van der Waals surface area contributed by atoms with Crippen LogP contribution in [0.5, 0.6) is 0 Å². The number of hydrazine groups is 1. The van der Waals surface area contributed by atoms with E-state index in [0.29, 0.717) is 0 Å². The lowest BCUT2D eigenvalue weighted by molar-refractivity contribution is 0.530. The number of hydrogen-bond donors (Lipinski definition) is 2. The maximum Gasteiger partial charge on any atom is 0.0536 e. The first-order valence-electron chi connectivity index (χ1n) is 6.36. The Hall–Kier alpha value is -1.02. The summed E-state index contributed by atoms with van der Waals surface area (Å²) >= 11 is 0. The van der Waals surface area contributed by atoms with Crippen molar-refractivity contribution in [1.82, 2.24) is 5.43 Å². The fourth-order valence-electron chi connectivity index (χ4n) is 2.38. The van der Waals surface area contributed by atoms with Crippen LogP contribution in [-0.2, 0) is 17.4 Å². The van der Waals surface area contributed by atoms with Crippen LogP contribution in [0.1, 0.15) is 58.2 Å². The molecule has 1 aromatic rings. The molecule has 2 N–H and O–H groups in total. The molecule has 2 heteroatoms. The molecule has 0 spiro atoms. The first-order chi connectivity index (χ1) is 7.69. The minimum Gasteiger partial charge on any atom is -0.321 e. The van der Waals surface area contributed by atoms with Gasteiger partial charge in [-0.25, -0.2) is 5.43 Å². The van der Waals surface area contributed by atoms with E-state index in [1.807, 2.05) is 0 Å². The second-order valence-electron chi connectivity index (χ2n) is 7.03. The molecule has 1 aliphatic heterocycles. The SMILES string of the molecule is CC(C)(C)c1cc2c(cc1C(C)(C)C)NNC2. The molecule has 1 heterocycles. The molecule has 0 bridgehead atoms. The average molecular weight is 232 g/mol. The van der Waals surface area contributed by atoms with E-state index in [4.69, 9.17) is 0 Å². The van der Waals surface area contributed by atoms with E-state index in [2.05, 4.69) is 64.5 Å². The van der Waals surface area contributed by atoms with Crippen LogP contribution >= 0.6 is 0 Å². The smallest absolute Gasteiger partial charge is 0.0536 e. The predicted octanol–water partition coefficient (Wildman–Crippen LogP) is 3.71. The van der Waals surface area contributed by atoms with E-state index in [9.17, 15) is 0 Å². The van der Waals surface area contributed by atoms with E-state index in [0.717, 1.165) is 6.54 Å². The zero-order chi connectivity index (χ0) is 12.8. The fourth-order valence-corrected chi connectivity index (χ4v) is 2.38. The van der Waals surface area contributed by atoms with Crippen molar-refractivity contribution < 1.29 is 0 Å². The lowest BCUT2D eigenvalue weighted by Gasteiger charge is -2.30. The molecule has 0 atom stereocenters. The molecule has 0 unspecified atom stereocenters. The monoisotopic (exact) mass is 232 g/mol. The van der Waals surface area contributed by atoms with E-state index in [1.165, 1.54) is 22.4 Å². The van der Waals surface area contributed by atoms with Gasteiger partial charge in [-0.2, -0.15) is 0 Å². The van der Waals surface area contributed by atoms with E-state index >= 15 is 0 Å². The zero-order valence-electron chi connectivity index (χ0n) is 11.9. The van der Waals surface area contributed by atoms with Crippen LogP contribution in [0.25, 0.3) is 0 Å². The van der Waals surface area contributed by atoms with Crippen LogP contribution in [0.3, 0.4) is 0 Å². The molecule has 0 aromatic heterocycles. The van der Waals surface area contributed by atoms with Gasteiger partial charge < -0.3 is 5.43 Å². The van der Waals surface area contributed by atoms with Gasteiger partial charge in [0, 0.05) is 6.54 Å². The molecule has 0 amide bonds. The number of fused-ring (bicyclic) bond motifs is 1. The lowest BCUT2D eigenvalue weighted by atomic mass is 9.74. The number of benzene rings is 1. The quantitative estimate of drug-likeness (QED) is 0.712. The maximum absolute atomic E-state index is 3.24. The summed E-state index contributed by atoms with van der Waals surface area (Å²) in [7, 11) is 0. The maximum atomic E-state index is 3.24. The zero-order valence-corrected chi connectivity index (χ0v) is 11.9. The van der Waals surface area contributed by atoms with Crippen LogP contribution in [0.2, 0.25) is 0 Å². The summed E-state index contributed by atoms with van der Waals surface area (Å²) < 4.78 is 0. The van der Waals surface area contributed by atoms with Crippen molar-refractivity contribution >= 4 is 5.69 Å². The third-order valence-electron chi connectivity index (χ3n) is 3.36. The number of hydrogen-bond acceptors (Lipinski definition) is 2. The van der Waals surface area contributed by atoms with Gasteiger partial charge >= 0.3 is 0 Å². The highest BCUT2D eigenvalue weighted by Gasteiger charge is 2.27. The Morgan fingerprint density at radius 3 is 1.94 bits per heavy atom. The molecule has 17 heavy (non-hydrogen) atoms. The third kappa shape index (κ3) is 2.32. The van der Waals surface area contributed by atoms with Crippen molar-refractivity contribution in [3.8, 4) is 0 Å². The molecule has 0 saturated carbocycles. The van der Waals surface area contributed by atoms with Gasteiger partial charge in [0.25, 0.3) is 0 Å². The van der Waals surface area contributed by atoms with Gasteiger partial charge in [0.2, 0.25) is 0 Å². The Bertz CT molecular complexity index is 392. The third-order valence-corrected chi connectivity index (χ3v) is 3.36. The topological polar surface area (TPSA) is 24.1 Å². The summed E-state index contributed by atoms with van der Waals surface area (Å²) in [6.45, 7) is 14.6. The second-order valence-corrected chi connectivity index (χ2v) is 7.03. The van der Waals surface area contributed by atoms with Crippen molar-refractivity contribution in [2.24, 2.45) is 0 Å². The van der Waals surface area contributed by atoms with Gasteiger partial charge in [-0.05, 0) is 33.6 Å². The first-order valence-corrected chi connectivity index (χ1v) is 6.36. The molecule has 0 fully saturated rings.